The van der Waals surface area contributed by atoms with Crippen molar-refractivity contribution in [3.05, 3.63) is 85.2 Å². The first-order chi connectivity index (χ1) is 17.5. The summed E-state index contributed by atoms with van der Waals surface area (Å²) in [6.07, 6.45) is 8.92. The summed E-state index contributed by atoms with van der Waals surface area (Å²) in [7, 11) is 0. The average Bonchev–Trinajstić information content (AvgIpc) is 3.38. The van der Waals surface area contributed by atoms with Crippen molar-refractivity contribution >= 4 is 27.9 Å². The summed E-state index contributed by atoms with van der Waals surface area (Å²) in [5.41, 5.74) is 13.2. The molecule has 4 aromatic heterocycles. The lowest BCUT2D eigenvalue weighted by Gasteiger charge is -2.40. The molecule has 6 rings (SSSR count). The molecule has 4 N–H and O–H groups in total. The van der Waals surface area contributed by atoms with Crippen LogP contribution in [0, 0.1) is 5.92 Å². The van der Waals surface area contributed by atoms with Crippen LogP contribution in [0.4, 0.5) is 11.4 Å². The first-order valence-corrected chi connectivity index (χ1v) is 12.2. The third-order valence-electron chi connectivity index (χ3n) is 7.04. The number of pyridine rings is 3. The number of imidazole rings is 1. The van der Waals surface area contributed by atoms with Gasteiger partial charge in [0.15, 0.2) is 0 Å². The molecule has 0 radical (unpaired) electrons. The Kier molecular flexibility index (Phi) is 5.75. The van der Waals surface area contributed by atoms with Crippen LogP contribution in [0.5, 0.6) is 0 Å². The number of anilines is 2. The number of fused-ring (bicyclic) bond motifs is 2. The Bertz CT molecular complexity index is 1520. The van der Waals surface area contributed by atoms with E-state index in [0.717, 1.165) is 51.3 Å². The molecule has 3 unspecified atom stereocenters. The van der Waals surface area contributed by atoms with E-state index in [-0.39, 0.29) is 12.0 Å². The molecule has 36 heavy (non-hydrogen) atoms. The van der Waals surface area contributed by atoms with Crippen LogP contribution in [0.2, 0.25) is 0 Å². The lowest BCUT2D eigenvalue weighted by Crippen LogP contribution is -2.55. The molecule has 5 aromatic rings. The van der Waals surface area contributed by atoms with Crippen LogP contribution >= 0.6 is 0 Å². The predicted octanol–water partition coefficient (Wildman–Crippen LogP) is 3.70. The number of hydrogen-bond acceptors (Lipinski definition) is 7. The van der Waals surface area contributed by atoms with Gasteiger partial charge in [0.25, 0.3) is 0 Å². The number of benzene rings is 1. The summed E-state index contributed by atoms with van der Waals surface area (Å²) in [5.74, 6) is 0.0975. The van der Waals surface area contributed by atoms with E-state index < -0.39 is 6.10 Å². The molecule has 0 amide bonds. The molecule has 0 saturated carbocycles. The Morgan fingerprint density at radius 1 is 1.03 bits per heavy atom. The van der Waals surface area contributed by atoms with Crippen molar-refractivity contribution in [1.29, 1.82) is 0 Å². The van der Waals surface area contributed by atoms with Gasteiger partial charge in [0.2, 0.25) is 0 Å². The topological polar surface area (TPSA) is 105 Å². The second kappa shape index (κ2) is 9.22. The summed E-state index contributed by atoms with van der Waals surface area (Å²) in [4.78, 5) is 15.9. The Hall–Kier alpha value is -4.01. The molecule has 1 aliphatic heterocycles. The smallest absolute Gasteiger partial charge is 0.137 e. The third kappa shape index (κ3) is 4.25. The molecule has 8 nitrogen and oxygen atoms in total. The second-order valence-electron chi connectivity index (χ2n) is 9.60. The van der Waals surface area contributed by atoms with Crippen molar-refractivity contribution in [1.82, 2.24) is 19.4 Å². The van der Waals surface area contributed by atoms with Gasteiger partial charge in [0.1, 0.15) is 5.65 Å². The molecule has 0 aliphatic carbocycles. The van der Waals surface area contributed by atoms with Gasteiger partial charge in [0, 0.05) is 55.2 Å². The molecule has 1 aliphatic rings. The van der Waals surface area contributed by atoms with E-state index in [1.165, 1.54) is 0 Å². The number of nitrogens with one attached hydrogen (secondary N) is 1. The lowest BCUT2D eigenvalue weighted by atomic mass is 9.92. The van der Waals surface area contributed by atoms with E-state index in [0.29, 0.717) is 13.1 Å². The van der Waals surface area contributed by atoms with Crippen LogP contribution < -0.4 is 16.0 Å². The lowest BCUT2D eigenvalue weighted by molar-refractivity contribution is 0.0785. The molecule has 3 atom stereocenters. The Morgan fingerprint density at radius 2 is 1.89 bits per heavy atom. The van der Waals surface area contributed by atoms with Crippen LogP contribution in [0.1, 0.15) is 12.6 Å². The predicted molar refractivity (Wildman–Crippen MR) is 143 cm³/mol. The zero-order valence-corrected chi connectivity index (χ0v) is 20.1. The summed E-state index contributed by atoms with van der Waals surface area (Å²) >= 11 is 0. The van der Waals surface area contributed by atoms with Crippen molar-refractivity contribution in [2.45, 2.75) is 25.6 Å². The minimum Gasteiger partial charge on any atom is -0.391 e. The van der Waals surface area contributed by atoms with Crippen molar-refractivity contribution in [3.63, 3.8) is 0 Å². The molecule has 182 valence electrons. The molecule has 5 heterocycles. The molecule has 1 saturated heterocycles. The fourth-order valence-corrected chi connectivity index (χ4v) is 5.02. The van der Waals surface area contributed by atoms with E-state index in [4.69, 9.17) is 10.7 Å². The average molecular weight is 480 g/mol. The largest absolute Gasteiger partial charge is 0.391 e. The quantitative estimate of drug-likeness (QED) is 0.353. The van der Waals surface area contributed by atoms with Gasteiger partial charge in [-0.3, -0.25) is 9.97 Å². The van der Waals surface area contributed by atoms with Crippen molar-refractivity contribution in [3.8, 4) is 11.1 Å². The SMILES string of the molecule is CC1CN(c2ccncc2NCc2ccc3ccc(-c4ccn5ccnc5c4)cc3n2)CC(N)C1O. The second-order valence-corrected chi connectivity index (χ2v) is 9.60. The third-order valence-corrected chi connectivity index (χ3v) is 7.04. The number of rotatable bonds is 5. The number of aromatic nitrogens is 4. The Balaban J connectivity index is 1.23. The molecular weight excluding hydrogens is 450 g/mol. The van der Waals surface area contributed by atoms with Gasteiger partial charge in [-0.2, -0.15) is 0 Å². The number of hydrogen-bond donors (Lipinski definition) is 3. The zero-order chi connectivity index (χ0) is 24.6. The molecule has 1 fully saturated rings. The number of nitrogens with zero attached hydrogens (tertiary/aromatic N) is 5. The molecular formula is C28H29N7O. The van der Waals surface area contributed by atoms with Crippen LogP contribution in [0.15, 0.2) is 79.5 Å². The number of aliphatic hydroxyl groups is 1. The van der Waals surface area contributed by atoms with E-state index in [1.54, 1.807) is 12.4 Å². The van der Waals surface area contributed by atoms with Gasteiger partial charge in [-0.05, 0) is 41.5 Å². The number of aliphatic hydroxyl groups excluding tert-OH is 1. The highest BCUT2D eigenvalue weighted by atomic mass is 16.3. The maximum absolute atomic E-state index is 10.3. The Labute approximate surface area is 209 Å². The summed E-state index contributed by atoms with van der Waals surface area (Å²) in [6.45, 7) is 3.95. The van der Waals surface area contributed by atoms with Crippen molar-refractivity contribution < 1.29 is 5.11 Å². The highest BCUT2D eigenvalue weighted by molar-refractivity contribution is 5.85. The molecule has 0 bridgehead atoms. The van der Waals surface area contributed by atoms with Gasteiger partial charge in [-0.25, -0.2) is 4.98 Å². The molecule has 8 heteroatoms. The van der Waals surface area contributed by atoms with Gasteiger partial charge in [-0.1, -0.05) is 25.1 Å². The minimum absolute atomic E-state index is 0.0975. The van der Waals surface area contributed by atoms with Crippen LogP contribution in [-0.2, 0) is 6.54 Å². The first-order valence-electron chi connectivity index (χ1n) is 12.2. The minimum atomic E-state index is -0.479. The van der Waals surface area contributed by atoms with E-state index in [1.807, 2.05) is 36.0 Å². The maximum atomic E-state index is 10.3. The van der Waals surface area contributed by atoms with E-state index >= 15 is 0 Å². The van der Waals surface area contributed by atoms with E-state index in [2.05, 4.69) is 62.6 Å². The van der Waals surface area contributed by atoms with Crippen LogP contribution in [-0.4, -0.2) is 49.7 Å². The van der Waals surface area contributed by atoms with Crippen LogP contribution in [0.25, 0.3) is 27.7 Å². The van der Waals surface area contributed by atoms with Gasteiger partial charge >= 0.3 is 0 Å². The van der Waals surface area contributed by atoms with Crippen molar-refractivity contribution in [2.24, 2.45) is 11.7 Å². The monoisotopic (exact) mass is 479 g/mol. The van der Waals surface area contributed by atoms with Crippen molar-refractivity contribution in [2.75, 3.05) is 23.3 Å². The fourth-order valence-electron chi connectivity index (χ4n) is 5.02. The molecule has 1 aromatic carbocycles. The van der Waals surface area contributed by atoms with Gasteiger partial charge < -0.3 is 25.5 Å². The maximum Gasteiger partial charge on any atom is 0.137 e. The fraction of sp³-hybridized carbons (Fsp3) is 0.250. The number of nitrogens with two attached hydrogens (primary N) is 1. The summed E-state index contributed by atoms with van der Waals surface area (Å²) in [5, 5.41) is 14.9. The molecule has 0 spiro atoms. The highest BCUT2D eigenvalue weighted by Gasteiger charge is 2.31. The summed E-state index contributed by atoms with van der Waals surface area (Å²) in [6, 6.07) is 16.4. The Morgan fingerprint density at radius 3 is 2.78 bits per heavy atom. The van der Waals surface area contributed by atoms with Crippen LogP contribution in [0.3, 0.4) is 0 Å². The highest BCUT2D eigenvalue weighted by Crippen LogP contribution is 2.30. The zero-order valence-electron chi connectivity index (χ0n) is 20.1. The van der Waals surface area contributed by atoms with E-state index in [9.17, 15) is 5.11 Å². The first kappa shape index (κ1) is 22.5. The normalized spacial score (nSPS) is 20.2. The standard InChI is InChI=1S/C28H29N7O/c1-18-16-35(17-23(29)28(18)36)26-6-8-30-15-25(26)32-14-22-5-4-19-2-3-20(12-24(19)33-22)21-7-10-34-11-9-31-27(34)13-21/h2-13,15,18,23,28,32,36H,14,16-17,29H2,1H3. The van der Waals surface area contributed by atoms with Gasteiger partial charge in [0.05, 0.1) is 41.4 Å². The summed E-state index contributed by atoms with van der Waals surface area (Å²) < 4.78 is 2.00. The number of piperidine rings is 1. The van der Waals surface area contributed by atoms with Gasteiger partial charge in [-0.15, -0.1) is 0 Å².